The minimum Gasteiger partial charge on any atom is -0.199 e. The number of benzene rings is 3. The number of nitrogens with zero attached hydrogens (tertiary/aromatic N) is 1. The van der Waals surface area contributed by atoms with Crippen LogP contribution in [0, 0.1) is 11.3 Å². The summed E-state index contributed by atoms with van der Waals surface area (Å²) in [5.41, 5.74) is 4.96. The highest BCUT2D eigenvalue weighted by atomic mass is 31.2. The van der Waals surface area contributed by atoms with Crippen molar-refractivity contribution in [1.82, 2.24) is 0 Å². The van der Waals surface area contributed by atoms with Crippen LogP contribution < -0.4 is 15.9 Å². The number of nitriles is 1. The molecule has 0 radical (unpaired) electrons. The predicted molar refractivity (Wildman–Crippen MR) is 153 cm³/mol. The van der Waals surface area contributed by atoms with E-state index in [1.54, 1.807) is 38.6 Å². The molecule has 0 fully saturated rings. The molecule has 0 heterocycles. The van der Waals surface area contributed by atoms with E-state index >= 15 is 0 Å². The lowest BCUT2D eigenvalue weighted by Crippen LogP contribution is -2.29. The number of rotatable bonds is 5. The minimum absolute atomic E-state index is 0.264. The van der Waals surface area contributed by atoms with Gasteiger partial charge in [-0.15, -0.1) is 14.9 Å². The molecule has 5 heteroatoms. The second kappa shape index (κ2) is 9.90. The Balaban J connectivity index is 0.000000858. The first-order valence-corrected chi connectivity index (χ1v) is 12.9. The van der Waals surface area contributed by atoms with Crippen molar-refractivity contribution in [2.24, 2.45) is 0 Å². The van der Waals surface area contributed by atoms with E-state index in [4.69, 9.17) is 5.26 Å². The van der Waals surface area contributed by atoms with Gasteiger partial charge in [0.1, 0.15) is 15.1 Å². The Kier molecular flexibility index (Phi) is 7.68. The molecule has 1 nitrogen and oxygen atoms in total. The first-order valence-electron chi connectivity index (χ1n) is 10.5. The second-order valence-corrected chi connectivity index (χ2v) is 12.8. The third kappa shape index (κ3) is 4.36. The van der Waals surface area contributed by atoms with Crippen molar-refractivity contribution in [2.75, 3.05) is 0 Å². The van der Waals surface area contributed by atoms with Gasteiger partial charge >= 0.3 is 0 Å². The zero-order valence-electron chi connectivity index (χ0n) is 18.2. The summed E-state index contributed by atoms with van der Waals surface area (Å²) in [5.74, 6) is 0. The van der Waals surface area contributed by atoms with Gasteiger partial charge in [0.2, 0.25) is 0 Å². The standard InChI is InChI=1S/C24H34B2P2.C2H3N/c1-16(2)28(26,17(3)4)22-15-13-19-11-10-18-12-14-21(24(22)23(18)19)27(25)20-8-6-5-7-9-20;1-2-3/h5-9,12-17,27H,10-11H2,1-4,25-26H3;1H3. The largest absolute Gasteiger partial charge is 0.199 e. The molecule has 1 aliphatic carbocycles. The molecule has 0 aliphatic heterocycles. The zero-order valence-corrected chi connectivity index (χ0v) is 20.1. The fourth-order valence-electron chi connectivity index (χ4n) is 4.46. The van der Waals surface area contributed by atoms with Gasteiger partial charge in [0.25, 0.3) is 0 Å². The van der Waals surface area contributed by atoms with Crippen molar-refractivity contribution in [1.29, 1.82) is 5.26 Å². The van der Waals surface area contributed by atoms with Gasteiger partial charge in [-0.1, -0.05) is 30.3 Å². The molecule has 0 spiro atoms. The summed E-state index contributed by atoms with van der Waals surface area (Å²) in [5, 5.41) is 16.1. The number of hydrogen-bond acceptors (Lipinski definition) is 1. The monoisotopic (exact) mass is 447 g/mol. The Labute approximate surface area is 192 Å². The Morgan fingerprint density at radius 2 is 1.39 bits per heavy atom. The van der Waals surface area contributed by atoms with Crippen molar-refractivity contribution < 1.29 is 0 Å². The summed E-state index contributed by atoms with van der Waals surface area (Å²) in [7, 11) is -0.965. The van der Waals surface area contributed by atoms with Crippen LogP contribution in [-0.4, -0.2) is 26.4 Å². The molecule has 1 aliphatic rings. The van der Waals surface area contributed by atoms with Gasteiger partial charge in [-0.2, -0.15) is 5.26 Å². The van der Waals surface area contributed by atoms with Crippen molar-refractivity contribution in [3.8, 4) is 6.07 Å². The highest BCUT2D eigenvalue weighted by Gasteiger charge is 2.38. The Hall–Kier alpha value is -1.60. The van der Waals surface area contributed by atoms with Crippen LogP contribution in [0.5, 0.6) is 0 Å². The molecule has 1 atom stereocenters. The van der Waals surface area contributed by atoms with Gasteiger partial charge in [0.15, 0.2) is 0 Å². The van der Waals surface area contributed by atoms with Gasteiger partial charge in [-0.05, 0) is 81.3 Å². The average molecular weight is 447 g/mol. The zero-order chi connectivity index (χ0) is 22.8. The van der Waals surface area contributed by atoms with E-state index in [0.29, 0.717) is 0 Å². The van der Waals surface area contributed by atoms with Gasteiger partial charge in [0, 0.05) is 18.2 Å². The Bertz CT molecular complexity index is 1090. The van der Waals surface area contributed by atoms with Crippen molar-refractivity contribution in [3.63, 3.8) is 0 Å². The maximum atomic E-state index is 7.32. The molecule has 3 aromatic carbocycles. The fourth-order valence-corrected chi connectivity index (χ4v) is 8.83. The van der Waals surface area contributed by atoms with Crippen LogP contribution in [0.1, 0.15) is 45.7 Å². The van der Waals surface area contributed by atoms with Crippen molar-refractivity contribution >= 4 is 56.8 Å². The highest BCUT2D eigenvalue weighted by molar-refractivity contribution is 8.04. The molecule has 0 aromatic heterocycles. The third-order valence-corrected chi connectivity index (χ3v) is 9.88. The highest BCUT2D eigenvalue weighted by Crippen LogP contribution is 2.62. The maximum absolute atomic E-state index is 7.32. The van der Waals surface area contributed by atoms with Gasteiger partial charge < -0.3 is 0 Å². The molecule has 4 rings (SSSR count). The smallest absolute Gasteiger partial charge is 0.135 e. The fraction of sp³-hybridized carbons (Fsp3) is 0.346. The molecule has 0 saturated carbocycles. The summed E-state index contributed by atoms with van der Waals surface area (Å²) in [6, 6.07) is 23.5. The van der Waals surface area contributed by atoms with Crippen LogP contribution in [0.25, 0.3) is 10.8 Å². The molecule has 0 saturated heterocycles. The molecule has 3 aromatic rings. The molecule has 0 bridgehead atoms. The number of hydrogen-bond donors (Lipinski definition) is 0. The van der Waals surface area contributed by atoms with Crippen LogP contribution in [-0.2, 0) is 12.8 Å². The van der Waals surface area contributed by atoms with Gasteiger partial charge in [0.05, 0.1) is 27.4 Å². The summed E-state index contributed by atoms with van der Waals surface area (Å²) in [6.45, 7) is 11.5. The van der Waals surface area contributed by atoms with E-state index in [1.165, 1.54) is 19.8 Å². The minimum atomic E-state index is -0.987. The molecule has 162 valence electrons. The molecule has 1 unspecified atom stereocenters. The predicted octanol–water partition coefficient (Wildman–Crippen LogP) is 3.65. The Morgan fingerprint density at radius 1 is 0.871 bits per heavy atom. The van der Waals surface area contributed by atoms with E-state index < -0.39 is 14.9 Å². The maximum Gasteiger partial charge on any atom is 0.135 e. The summed E-state index contributed by atoms with van der Waals surface area (Å²) < 4.78 is 0. The normalized spacial score (nSPS) is 13.8. The van der Waals surface area contributed by atoms with Crippen molar-refractivity contribution in [2.45, 2.75) is 58.8 Å². The van der Waals surface area contributed by atoms with E-state index in [0.717, 1.165) is 11.3 Å². The van der Waals surface area contributed by atoms with Crippen molar-refractivity contribution in [3.05, 3.63) is 65.7 Å². The quantitative estimate of drug-likeness (QED) is 0.433. The van der Waals surface area contributed by atoms with E-state index in [1.807, 2.05) is 5.30 Å². The van der Waals surface area contributed by atoms with E-state index in [9.17, 15) is 0 Å². The SMILES string of the molecule is CC#N.[BH3-][PH+](c1ccccc1)c1ccc2c3c(ccc([P+]([BH3-])(C(C)C)C(C)C)c13)CC2. The summed E-state index contributed by atoms with van der Waals surface area (Å²) >= 11 is 0. The molecular formula is C26H37B2NP2. The lowest BCUT2D eigenvalue weighted by Gasteiger charge is -2.39. The second-order valence-electron chi connectivity index (χ2n) is 8.08. The van der Waals surface area contributed by atoms with E-state index in [-0.39, 0.29) is 15.1 Å². The summed E-state index contributed by atoms with van der Waals surface area (Å²) in [4.78, 5) is 0. The first-order chi connectivity index (χ1) is 14.8. The molecule has 0 amide bonds. The first kappa shape index (κ1) is 24.1. The van der Waals surface area contributed by atoms with Crippen LogP contribution >= 0.6 is 14.9 Å². The molecular weight excluding hydrogens is 410 g/mol. The number of aryl methyl sites for hydroxylation is 2. The third-order valence-electron chi connectivity index (χ3n) is 5.42. The van der Waals surface area contributed by atoms with Crippen LogP contribution in [0.2, 0.25) is 0 Å². The van der Waals surface area contributed by atoms with Crippen LogP contribution in [0.3, 0.4) is 0 Å². The summed E-state index contributed by atoms with van der Waals surface area (Å²) in [6.07, 6.45) is 2.51. The molecule has 31 heavy (non-hydrogen) atoms. The van der Waals surface area contributed by atoms with Crippen LogP contribution in [0.4, 0.5) is 0 Å². The lowest BCUT2D eigenvalue weighted by molar-refractivity contribution is 1.01. The van der Waals surface area contributed by atoms with Crippen LogP contribution in [0.15, 0.2) is 54.6 Å². The van der Waals surface area contributed by atoms with E-state index in [2.05, 4.69) is 82.3 Å². The van der Waals surface area contributed by atoms with Gasteiger partial charge in [-0.3, -0.25) is 0 Å². The van der Waals surface area contributed by atoms with Gasteiger partial charge in [-0.25, -0.2) is 0 Å². The average Bonchev–Trinajstić information content (AvgIpc) is 3.18. The Morgan fingerprint density at radius 3 is 1.90 bits per heavy atom. The topological polar surface area (TPSA) is 23.8 Å². The lowest BCUT2D eigenvalue weighted by atomic mass is 10.1. The molecule has 0 N–H and O–H groups in total.